The van der Waals surface area contributed by atoms with Gasteiger partial charge in [-0.2, -0.15) is 0 Å². The van der Waals surface area contributed by atoms with E-state index in [9.17, 15) is 4.79 Å². The molecule has 0 N–H and O–H groups in total. The normalized spacial score (nSPS) is 14.1. The third-order valence-corrected chi connectivity index (χ3v) is 6.24. The fourth-order valence-electron chi connectivity index (χ4n) is 3.77. The van der Waals surface area contributed by atoms with E-state index in [0.717, 1.165) is 54.2 Å². The van der Waals surface area contributed by atoms with Crippen molar-refractivity contribution in [2.24, 2.45) is 0 Å². The van der Waals surface area contributed by atoms with E-state index >= 15 is 0 Å². The van der Waals surface area contributed by atoms with E-state index in [-0.39, 0.29) is 5.91 Å². The fourth-order valence-corrected chi connectivity index (χ4v) is 4.03. The Labute approximate surface area is 204 Å². The SMILES string of the molecule is O=C(c1ccc(Br)cc1)N(CCN1CCOCC1)Cc1ccc(OCc2ccccc2)cc1. The van der Waals surface area contributed by atoms with Gasteiger partial charge in [0.1, 0.15) is 12.4 Å². The lowest BCUT2D eigenvalue weighted by molar-refractivity contribution is 0.0320. The second kappa shape index (κ2) is 12.0. The van der Waals surface area contributed by atoms with Crippen LogP contribution < -0.4 is 4.74 Å². The maximum Gasteiger partial charge on any atom is 0.254 e. The molecule has 0 saturated carbocycles. The molecular formula is C27H29BrN2O3. The number of nitrogens with zero attached hydrogens (tertiary/aromatic N) is 2. The van der Waals surface area contributed by atoms with Crippen LogP contribution in [0.3, 0.4) is 0 Å². The summed E-state index contributed by atoms with van der Waals surface area (Å²) >= 11 is 3.45. The summed E-state index contributed by atoms with van der Waals surface area (Å²) in [5.74, 6) is 0.863. The number of hydrogen-bond donors (Lipinski definition) is 0. The molecule has 3 aromatic carbocycles. The van der Waals surface area contributed by atoms with Gasteiger partial charge < -0.3 is 14.4 Å². The highest BCUT2D eigenvalue weighted by Crippen LogP contribution is 2.18. The van der Waals surface area contributed by atoms with Crippen molar-refractivity contribution in [3.8, 4) is 5.75 Å². The van der Waals surface area contributed by atoms with Gasteiger partial charge in [-0.25, -0.2) is 0 Å². The molecule has 1 heterocycles. The molecule has 33 heavy (non-hydrogen) atoms. The molecule has 0 aliphatic carbocycles. The minimum Gasteiger partial charge on any atom is -0.489 e. The summed E-state index contributed by atoms with van der Waals surface area (Å²) in [6.45, 7) is 5.93. The van der Waals surface area contributed by atoms with Crippen molar-refractivity contribution < 1.29 is 14.3 Å². The molecule has 1 aliphatic rings. The van der Waals surface area contributed by atoms with Crippen molar-refractivity contribution in [3.05, 3.63) is 100 Å². The van der Waals surface area contributed by atoms with Crippen LogP contribution in [0.15, 0.2) is 83.3 Å². The zero-order valence-electron chi connectivity index (χ0n) is 18.7. The molecule has 1 aliphatic heterocycles. The fraction of sp³-hybridized carbons (Fsp3) is 0.296. The molecule has 1 fully saturated rings. The first-order valence-corrected chi connectivity index (χ1v) is 12.1. The highest BCUT2D eigenvalue weighted by molar-refractivity contribution is 9.10. The lowest BCUT2D eigenvalue weighted by Gasteiger charge is -2.30. The summed E-state index contributed by atoms with van der Waals surface area (Å²) < 4.78 is 12.3. The molecule has 172 valence electrons. The van der Waals surface area contributed by atoms with Crippen LogP contribution >= 0.6 is 15.9 Å². The zero-order valence-corrected chi connectivity index (χ0v) is 20.2. The highest BCUT2D eigenvalue weighted by atomic mass is 79.9. The predicted molar refractivity (Wildman–Crippen MR) is 133 cm³/mol. The second-order valence-electron chi connectivity index (χ2n) is 8.11. The molecular weight excluding hydrogens is 480 g/mol. The molecule has 0 radical (unpaired) electrons. The van der Waals surface area contributed by atoms with Crippen LogP contribution in [-0.2, 0) is 17.9 Å². The van der Waals surface area contributed by atoms with Crippen molar-refractivity contribution >= 4 is 21.8 Å². The quantitative estimate of drug-likeness (QED) is 0.407. The number of morpholine rings is 1. The molecule has 1 amide bonds. The number of carbonyl (C=O) groups is 1. The number of ether oxygens (including phenoxy) is 2. The average Bonchev–Trinajstić information content (AvgIpc) is 2.87. The molecule has 0 bridgehead atoms. The molecule has 0 spiro atoms. The standard InChI is InChI=1S/C27H29BrN2O3/c28-25-10-8-24(9-11-25)27(31)30(15-14-29-16-18-32-19-17-29)20-22-6-12-26(13-7-22)33-21-23-4-2-1-3-5-23/h1-13H,14-21H2. The van der Waals surface area contributed by atoms with Gasteiger partial charge in [0.25, 0.3) is 5.91 Å². The average molecular weight is 509 g/mol. The number of rotatable bonds is 9. The summed E-state index contributed by atoms with van der Waals surface area (Å²) in [6.07, 6.45) is 0. The summed E-state index contributed by atoms with van der Waals surface area (Å²) in [5, 5.41) is 0. The van der Waals surface area contributed by atoms with Crippen LogP contribution in [-0.4, -0.2) is 55.1 Å². The molecule has 5 nitrogen and oxygen atoms in total. The van der Waals surface area contributed by atoms with Gasteiger partial charge in [-0.3, -0.25) is 9.69 Å². The molecule has 4 rings (SSSR count). The van der Waals surface area contributed by atoms with Crippen LogP contribution in [0.25, 0.3) is 0 Å². The topological polar surface area (TPSA) is 42.0 Å². The van der Waals surface area contributed by atoms with Crippen LogP contribution in [0.5, 0.6) is 5.75 Å². The van der Waals surface area contributed by atoms with E-state index in [2.05, 4.69) is 33.0 Å². The van der Waals surface area contributed by atoms with E-state index < -0.39 is 0 Å². The van der Waals surface area contributed by atoms with E-state index in [0.29, 0.717) is 25.3 Å². The van der Waals surface area contributed by atoms with E-state index in [1.54, 1.807) is 0 Å². The van der Waals surface area contributed by atoms with Gasteiger partial charge in [0, 0.05) is 42.8 Å². The lowest BCUT2D eigenvalue weighted by Crippen LogP contribution is -2.42. The Morgan fingerprint density at radius 1 is 0.909 bits per heavy atom. The Balaban J connectivity index is 1.40. The third-order valence-electron chi connectivity index (χ3n) is 5.71. The molecule has 1 saturated heterocycles. The number of amides is 1. The first-order chi connectivity index (χ1) is 16.2. The maximum absolute atomic E-state index is 13.3. The third kappa shape index (κ3) is 7.16. The van der Waals surface area contributed by atoms with Crippen LogP contribution in [0.1, 0.15) is 21.5 Å². The summed E-state index contributed by atoms with van der Waals surface area (Å²) in [7, 11) is 0. The minimum atomic E-state index is 0.0418. The molecule has 6 heteroatoms. The van der Waals surface area contributed by atoms with Gasteiger partial charge >= 0.3 is 0 Å². The monoisotopic (exact) mass is 508 g/mol. The summed E-state index contributed by atoms with van der Waals surface area (Å²) in [5.41, 5.74) is 2.91. The first-order valence-electron chi connectivity index (χ1n) is 11.3. The second-order valence-corrected chi connectivity index (χ2v) is 9.02. The smallest absolute Gasteiger partial charge is 0.254 e. The Hall–Kier alpha value is -2.67. The van der Waals surface area contributed by atoms with Crippen molar-refractivity contribution in [3.63, 3.8) is 0 Å². The van der Waals surface area contributed by atoms with Gasteiger partial charge in [-0.1, -0.05) is 58.4 Å². The van der Waals surface area contributed by atoms with Gasteiger partial charge in [-0.15, -0.1) is 0 Å². The molecule has 0 aromatic heterocycles. The summed E-state index contributed by atoms with van der Waals surface area (Å²) in [6, 6.07) is 25.7. The Bertz CT molecular complexity index is 1000. The van der Waals surface area contributed by atoms with Crippen LogP contribution in [0.2, 0.25) is 0 Å². The summed E-state index contributed by atoms with van der Waals surface area (Å²) in [4.78, 5) is 17.6. The zero-order chi connectivity index (χ0) is 22.9. The van der Waals surface area contributed by atoms with Crippen LogP contribution in [0, 0.1) is 0 Å². The Morgan fingerprint density at radius 2 is 1.61 bits per heavy atom. The van der Waals surface area contributed by atoms with Gasteiger partial charge in [0.2, 0.25) is 0 Å². The Kier molecular flexibility index (Phi) is 8.53. The number of hydrogen-bond acceptors (Lipinski definition) is 4. The molecule has 0 atom stereocenters. The van der Waals surface area contributed by atoms with Gasteiger partial charge in [0.05, 0.1) is 13.2 Å². The van der Waals surface area contributed by atoms with Gasteiger partial charge in [-0.05, 0) is 47.5 Å². The highest BCUT2D eigenvalue weighted by Gasteiger charge is 2.19. The molecule has 0 unspecified atom stereocenters. The van der Waals surface area contributed by atoms with Crippen molar-refractivity contribution in [1.29, 1.82) is 0 Å². The van der Waals surface area contributed by atoms with Crippen molar-refractivity contribution in [2.45, 2.75) is 13.2 Å². The molecule has 3 aromatic rings. The van der Waals surface area contributed by atoms with E-state index in [1.807, 2.05) is 71.6 Å². The van der Waals surface area contributed by atoms with Crippen molar-refractivity contribution in [2.75, 3.05) is 39.4 Å². The van der Waals surface area contributed by atoms with Gasteiger partial charge in [0.15, 0.2) is 0 Å². The Morgan fingerprint density at radius 3 is 2.30 bits per heavy atom. The lowest BCUT2D eigenvalue weighted by atomic mass is 10.1. The van der Waals surface area contributed by atoms with Crippen molar-refractivity contribution in [1.82, 2.24) is 9.80 Å². The largest absolute Gasteiger partial charge is 0.489 e. The number of halogens is 1. The van der Waals surface area contributed by atoms with Crippen LogP contribution in [0.4, 0.5) is 0 Å². The minimum absolute atomic E-state index is 0.0418. The van der Waals surface area contributed by atoms with E-state index in [1.165, 1.54) is 0 Å². The first kappa shape index (κ1) is 23.5. The maximum atomic E-state index is 13.3. The number of benzene rings is 3. The predicted octanol–water partition coefficient (Wildman–Crippen LogP) is 5.00. The van der Waals surface area contributed by atoms with E-state index in [4.69, 9.17) is 9.47 Å². The number of carbonyl (C=O) groups excluding carboxylic acids is 1.